The highest BCUT2D eigenvalue weighted by Gasteiger charge is 2.16. The molecule has 1 N–H and O–H groups in total. The largest absolute Gasteiger partial charge is 0.306 e. The first kappa shape index (κ1) is 16.4. The molecule has 2 aromatic carbocycles. The Morgan fingerprint density at radius 3 is 2.58 bits per heavy atom. The smallest absolute Gasteiger partial charge is 0.268 e. The van der Waals surface area contributed by atoms with Crippen molar-refractivity contribution < 1.29 is 4.79 Å². The molecular formula is C21H17N3OS. The number of benzene rings is 2. The molecular weight excluding hydrogens is 342 g/mol. The van der Waals surface area contributed by atoms with Gasteiger partial charge in [-0.1, -0.05) is 48.5 Å². The average molecular weight is 359 g/mol. The third-order valence-electron chi connectivity index (χ3n) is 4.09. The van der Waals surface area contributed by atoms with E-state index in [1.807, 2.05) is 61.5 Å². The van der Waals surface area contributed by atoms with Gasteiger partial charge in [-0.3, -0.25) is 4.79 Å². The SMILES string of the molecule is Cc1nc(Cc2ccccc2)sc1C(=O)Nc1ccc2ccccc2n1. The van der Waals surface area contributed by atoms with Crippen LogP contribution in [0.2, 0.25) is 0 Å². The molecule has 1 amide bonds. The Labute approximate surface area is 155 Å². The number of amides is 1. The van der Waals surface area contributed by atoms with Crippen LogP contribution in [0.25, 0.3) is 10.9 Å². The van der Waals surface area contributed by atoms with E-state index < -0.39 is 0 Å². The summed E-state index contributed by atoms with van der Waals surface area (Å²) < 4.78 is 0. The van der Waals surface area contributed by atoms with Gasteiger partial charge in [-0.05, 0) is 30.7 Å². The maximum absolute atomic E-state index is 12.7. The summed E-state index contributed by atoms with van der Waals surface area (Å²) in [5.41, 5.74) is 2.79. The van der Waals surface area contributed by atoms with E-state index >= 15 is 0 Å². The Morgan fingerprint density at radius 1 is 0.962 bits per heavy atom. The van der Waals surface area contributed by atoms with Crippen molar-refractivity contribution >= 4 is 34.0 Å². The van der Waals surface area contributed by atoms with Crippen LogP contribution < -0.4 is 5.32 Å². The Bertz CT molecular complexity index is 1070. The van der Waals surface area contributed by atoms with Crippen LogP contribution in [0, 0.1) is 6.92 Å². The van der Waals surface area contributed by atoms with Crippen LogP contribution in [-0.2, 0) is 6.42 Å². The first-order valence-corrected chi connectivity index (χ1v) is 9.18. The number of hydrogen-bond acceptors (Lipinski definition) is 4. The fourth-order valence-corrected chi connectivity index (χ4v) is 3.81. The Balaban J connectivity index is 1.54. The maximum Gasteiger partial charge on any atom is 0.268 e. The summed E-state index contributed by atoms with van der Waals surface area (Å²) in [5, 5.41) is 4.87. The third-order valence-corrected chi connectivity index (χ3v) is 5.24. The minimum atomic E-state index is -0.165. The van der Waals surface area contributed by atoms with Gasteiger partial charge in [0.15, 0.2) is 0 Å². The summed E-state index contributed by atoms with van der Waals surface area (Å²) in [6.45, 7) is 1.87. The third kappa shape index (κ3) is 3.48. The maximum atomic E-state index is 12.7. The molecule has 0 radical (unpaired) electrons. The number of para-hydroxylation sites is 1. The van der Waals surface area contributed by atoms with E-state index in [9.17, 15) is 4.79 Å². The van der Waals surface area contributed by atoms with E-state index in [4.69, 9.17) is 0 Å². The van der Waals surface area contributed by atoms with Crippen LogP contribution >= 0.6 is 11.3 Å². The van der Waals surface area contributed by atoms with Crippen molar-refractivity contribution in [2.45, 2.75) is 13.3 Å². The van der Waals surface area contributed by atoms with Gasteiger partial charge < -0.3 is 5.32 Å². The molecule has 26 heavy (non-hydrogen) atoms. The highest BCUT2D eigenvalue weighted by atomic mass is 32.1. The van der Waals surface area contributed by atoms with Gasteiger partial charge in [-0.25, -0.2) is 9.97 Å². The normalized spacial score (nSPS) is 10.8. The topological polar surface area (TPSA) is 54.9 Å². The molecule has 0 aliphatic carbocycles. The standard InChI is InChI=1S/C21H17N3OS/c1-14-20(26-19(22-14)13-15-7-3-2-4-8-15)21(25)24-18-12-11-16-9-5-6-10-17(16)23-18/h2-12H,13H2,1H3,(H,23,24,25). The molecule has 0 spiro atoms. The number of aromatic nitrogens is 2. The summed E-state index contributed by atoms with van der Waals surface area (Å²) in [7, 11) is 0. The summed E-state index contributed by atoms with van der Waals surface area (Å²) in [6.07, 6.45) is 0.730. The number of rotatable bonds is 4. The fourth-order valence-electron chi connectivity index (χ4n) is 2.82. The number of anilines is 1. The van der Waals surface area contributed by atoms with Crippen LogP contribution in [0.5, 0.6) is 0 Å². The van der Waals surface area contributed by atoms with Crippen molar-refractivity contribution in [1.29, 1.82) is 0 Å². The quantitative estimate of drug-likeness (QED) is 0.567. The van der Waals surface area contributed by atoms with Crippen LogP contribution in [0.4, 0.5) is 5.82 Å². The van der Waals surface area contributed by atoms with Gasteiger partial charge in [-0.2, -0.15) is 0 Å². The number of fused-ring (bicyclic) bond motifs is 1. The summed E-state index contributed by atoms with van der Waals surface area (Å²) in [4.78, 5) is 22.3. The molecule has 0 saturated carbocycles. The minimum Gasteiger partial charge on any atom is -0.306 e. The molecule has 0 aliphatic heterocycles. The molecule has 5 heteroatoms. The molecule has 0 bridgehead atoms. The Morgan fingerprint density at radius 2 is 1.73 bits per heavy atom. The lowest BCUT2D eigenvalue weighted by atomic mass is 10.2. The van der Waals surface area contributed by atoms with E-state index in [0.29, 0.717) is 10.7 Å². The van der Waals surface area contributed by atoms with Crippen LogP contribution in [0.1, 0.15) is 25.9 Å². The van der Waals surface area contributed by atoms with Crippen LogP contribution in [-0.4, -0.2) is 15.9 Å². The van der Waals surface area contributed by atoms with Crippen molar-refractivity contribution in [3.8, 4) is 0 Å². The molecule has 2 heterocycles. The van der Waals surface area contributed by atoms with Gasteiger partial charge in [0.1, 0.15) is 10.7 Å². The number of thiazole rings is 1. The summed E-state index contributed by atoms with van der Waals surface area (Å²) in [5.74, 6) is 0.383. The molecule has 0 saturated heterocycles. The highest BCUT2D eigenvalue weighted by molar-refractivity contribution is 7.14. The molecule has 0 atom stereocenters. The molecule has 0 unspecified atom stereocenters. The fraction of sp³-hybridized carbons (Fsp3) is 0.0952. The van der Waals surface area contributed by atoms with E-state index in [2.05, 4.69) is 27.4 Å². The second kappa shape index (κ2) is 7.06. The van der Waals surface area contributed by atoms with Gasteiger partial charge in [0.25, 0.3) is 5.91 Å². The number of nitrogens with zero attached hydrogens (tertiary/aromatic N) is 2. The predicted molar refractivity (Wildman–Crippen MR) is 106 cm³/mol. The lowest BCUT2D eigenvalue weighted by molar-refractivity contribution is 0.102. The zero-order valence-electron chi connectivity index (χ0n) is 14.3. The number of pyridine rings is 1. The van der Waals surface area contributed by atoms with Crippen molar-refractivity contribution in [1.82, 2.24) is 9.97 Å². The number of hydrogen-bond donors (Lipinski definition) is 1. The van der Waals surface area contributed by atoms with Crippen molar-refractivity contribution in [2.75, 3.05) is 5.32 Å². The second-order valence-corrected chi connectivity index (χ2v) is 7.11. The lowest BCUT2D eigenvalue weighted by Crippen LogP contribution is -2.12. The number of carbonyl (C=O) groups excluding carboxylic acids is 1. The van der Waals surface area contributed by atoms with Gasteiger partial charge in [-0.15, -0.1) is 11.3 Å². The summed E-state index contributed by atoms with van der Waals surface area (Å²) >= 11 is 1.43. The molecule has 2 aromatic heterocycles. The number of aryl methyl sites for hydroxylation is 1. The molecule has 0 fully saturated rings. The Kier molecular flexibility index (Phi) is 4.46. The van der Waals surface area contributed by atoms with E-state index in [1.54, 1.807) is 0 Å². The average Bonchev–Trinajstić information content (AvgIpc) is 3.03. The van der Waals surface area contributed by atoms with Crippen molar-refractivity contribution in [3.63, 3.8) is 0 Å². The molecule has 0 aliphatic rings. The highest BCUT2D eigenvalue weighted by Crippen LogP contribution is 2.22. The number of carbonyl (C=O) groups is 1. The zero-order chi connectivity index (χ0) is 17.9. The van der Waals surface area contributed by atoms with E-state index in [0.717, 1.165) is 28.0 Å². The molecule has 4 rings (SSSR count). The van der Waals surface area contributed by atoms with Crippen molar-refractivity contribution in [2.24, 2.45) is 0 Å². The summed E-state index contributed by atoms with van der Waals surface area (Å²) in [6, 6.07) is 21.7. The minimum absolute atomic E-state index is 0.165. The van der Waals surface area contributed by atoms with Gasteiger partial charge in [0.05, 0.1) is 16.2 Å². The van der Waals surface area contributed by atoms with Gasteiger partial charge in [0.2, 0.25) is 0 Å². The van der Waals surface area contributed by atoms with E-state index in [1.165, 1.54) is 16.9 Å². The zero-order valence-corrected chi connectivity index (χ0v) is 15.1. The Hall–Kier alpha value is -3.05. The van der Waals surface area contributed by atoms with Gasteiger partial charge >= 0.3 is 0 Å². The second-order valence-electron chi connectivity index (χ2n) is 6.03. The van der Waals surface area contributed by atoms with Gasteiger partial charge in [0, 0.05) is 11.8 Å². The van der Waals surface area contributed by atoms with Crippen molar-refractivity contribution in [3.05, 3.63) is 87.9 Å². The molecule has 128 valence electrons. The lowest BCUT2D eigenvalue weighted by Gasteiger charge is -2.04. The predicted octanol–water partition coefficient (Wildman–Crippen LogP) is 4.84. The first-order chi connectivity index (χ1) is 12.7. The van der Waals surface area contributed by atoms with E-state index in [-0.39, 0.29) is 5.91 Å². The molecule has 4 aromatic rings. The monoisotopic (exact) mass is 359 g/mol. The van der Waals surface area contributed by atoms with Crippen LogP contribution in [0.15, 0.2) is 66.7 Å². The molecule has 4 nitrogen and oxygen atoms in total. The van der Waals surface area contributed by atoms with Crippen LogP contribution in [0.3, 0.4) is 0 Å². The first-order valence-electron chi connectivity index (χ1n) is 8.36. The number of nitrogens with one attached hydrogen (secondary N) is 1.